The first-order chi connectivity index (χ1) is 12.2. The first-order valence-corrected chi connectivity index (χ1v) is 9.42. The number of benzene rings is 2. The molecule has 0 aliphatic heterocycles. The van der Waals surface area contributed by atoms with Crippen LogP contribution in [0.25, 0.3) is 0 Å². The normalized spacial score (nSPS) is 11.4. The van der Waals surface area contributed by atoms with Crippen LogP contribution in [0.3, 0.4) is 0 Å². The molecule has 0 spiro atoms. The molecule has 0 aliphatic carbocycles. The van der Waals surface area contributed by atoms with Crippen LogP contribution in [0.15, 0.2) is 53.4 Å². The summed E-state index contributed by atoms with van der Waals surface area (Å²) < 4.78 is 31.0. The smallest absolute Gasteiger partial charge is 0.321 e. The molecule has 7 heteroatoms. The van der Waals surface area contributed by atoms with Crippen molar-refractivity contribution in [3.05, 3.63) is 65.2 Å². The quantitative estimate of drug-likeness (QED) is 0.549. The van der Waals surface area contributed by atoms with Gasteiger partial charge in [0.2, 0.25) is 10.0 Å². The third kappa shape index (κ3) is 5.00. The molecule has 2 aromatic rings. The summed E-state index contributed by atoms with van der Waals surface area (Å²) in [5, 5.41) is 0. The molecule has 0 saturated heterocycles. The second kappa shape index (κ2) is 8.25. The Hall–Kier alpha value is -2.51. The summed E-state index contributed by atoms with van der Waals surface area (Å²) in [6, 6.07) is 13.1. The van der Waals surface area contributed by atoms with Crippen LogP contribution in [0.4, 0.5) is 0 Å². The molecule has 0 heterocycles. The number of likely N-dealkylation sites (N-methyl/N-ethyl adjacent to an activating group) is 1. The number of aryl methyl sites for hydroxylation is 1. The Morgan fingerprint density at radius 2 is 1.58 bits per heavy atom. The highest BCUT2D eigenvalue weighted by atomic mass is 32.2. The molecule has 0 saturated carbocycles. The molecule has 0 aromatic heterocycles. The van der Waals surface area contributed by atoms with Crippen LogP contribution in [-0.4, -0.2) is 38.1 Å². The monoisotopic (exact) mass is 375 g/mol. The van der Waals surface area contributed by atoms with Gasteiger partial charge in [-0.25, -0.2) is 8.42 Å². The van der Waals surface area contributed by atoms with Gasteiger partial charge >= 0.3 is 5.97 Å². The van der Waals surface area contributed by atoms with Gasteiger partial charge in [-0.05, 0) is 31.5 Å². The van der Waals surface area contributed by atoms with Crippen LogP contribution in [0, 0.1) is 6.92 Å². The predicted octanol–water partition coefficient (Wildman–Crippen LogP) is 2.56. The molecule has 0 amide bonds. The highest BCUT2D eigenvalue weighted by Crippen LogP contribution is 2.15. The van der Waals surface area contributed by atoms with Gasteiger partial charge in [0.25, 0.3) is 0 Å². The number of ether oxygens (including phenoxy) is 1. The standard InChI is InChI=1S/C19H21NO5S/c1-14-4-6-16(7-5-14)13-25-19(22)12-20(3)26(23,24)18-10-8-17(9-11-18)15(2)21/h4-11H,12-13H2,1-3H3. The molecule has 0 aliphatic rings. The number of sulfonamides is 1. The fourth-order valence-corrected chi connectivity index (χ4v) is 3.32. The van der Waals surface area contributed by atoms with Crippen LogP contribution in [0.2, 0.25) is 0 Å². The maximum absolute atomic E-state index is 12.5. The first kappa shape index (κ1) is 19.8. The van der Waals surface area contributed by atoms with Crippen molar-refractivity contribution in [2.24, 2.45) is 0 Å². The SMILES string of the molecule is CC(=O)c1ccc(S(=O)(=O)N(C)CC(=O)OCc2ccc(C)cc2)cc1. The number of carbonyl (C=O) groups excluding carboxylic acids is 2. The predicted molar refractivity (Wildman–Crippen MR) is 97.2 cm³/mol. The minimum atomic E-state index is -3.84. The molecule has 0 bridgehead atoms. The minimum Gasteiger partial charge on any atom is -0.460 e. The highest BCUT2D eigenvalue weighted by molar-refractivity contribution is 7.89. The number of esters is 1. The van der Waals surface area contributed by atoms with Crippen molar-refractivity contribution in [1.82, 2.24) is 4.31 Å². The fraction of sp³-hybridized carbons (Fsp3) is 0.263. The molecular weight excluding hydrogens is 354 g/mol. The van der Waals surface area contributed by atoms with E-state index in [-0.39, 0.29) is 17.3 Å². The van der Waals surface area contributed by atoms with Gasteiger partial charge in [0.15, 0.2) is 5.78 Å². The molecule has 0 fully saturated rings. The summed E-state index contributed by atoms with van der Waals surface area (Å²) in [6.45, 7) is 3.04. The van der Waals surface area contributed by atoms with Gasteiger partial charge in [0.05, 0.1) is 4.90 Å². The average molecular weight is 375 g/mol. The lowest BCUT2D eigenvalue weighted by molar-refractivity contribution is -0.144. The van der Waals surface area contributed by atoms with Gasteiger partial charge in [-0.1, -0.05) is 42.0 Å². The van der Waals surface area contributed by atoms with Crippen molar-refractivity contribution >= 4 is 21.8 Å². The van der Waals surface area contributed by atoms with Gasteiger partial charge in [-0.3, -0.25) is 9.59 Å². The zero-order valence-corrected chi connectivity index (χ0v) is 15.7. The maximum Gasteiger partial charge on any atom is 0.321 e. The van der Waals surface area contributed by atoms with E-state index < -0.39 is 22.5 Å². The van der Waals surface area contributed by atoms with E-state index in [4.69, 9.17) is 4.74 Å². The number of Topliss-reactive ketones (excluding diaryl/α,β-unsaturated/α-hetero) is 1. The van der Waals surface area contributed by atoms with E-state index in [1.807, 2.05) is 31.2 Å². The van der Waals surface area contributed by atoms with Crippen molar-refractivity contribution in [3.8, 4) is 0 Å². The second-order valence-electron chi connectivity index (χ2n) is 5.99. The van der Waals surface area contributed by atoms with E-state index in [1.54, 1.807) is 0 Å². The molecule has 0 radical (unpaired) electrons. The topological polar surface area (TPSA) is 80.8 Å². The molecule has 138 valence electrons. The van der Waals surface area contributed by atoms with Gasteiger partial charge in [-0.2, -0.15) is 4.31 Å². The summed E-state index contributed by atoms with van der Waals surface area (Å²) in [5.74, 6) is -0.793. The largest absolute Gasteiger partial charge is 0.460 e. The maximum atomic E-state index is 12.5. The van der Waals surface area contributed by atoms with Crippen molar-refractivity contribution in [1.29, 1.82) is 0 Å². The van der Waals surface area contributed by atoms with Gasteiger partial charge in [0, 0.05) is 12.6 Å². The number of hydrogen-bond donors (Lipinski definition) is 0. The third-order valence-corrected chi connectivity index (χ3v) is 5.66. The summed E-state index contributed by atoms with van der Waals surface area (Å²) in [6.07, 6.45) is 0. The van der Waals surface area contributed by atoms with Crippen molar-refractivity contribution in [2.75, 3.05) is 13.6 Å². The summed E-state index contributed by atoms with van der Waals surface area (Å²) >= 11 is 0. The van der Waals surface area contributed by atoms with Crippen molar-refractivity contribution < 1.29 is 22.7 Å². The van der Waals surface area contributed by atoms with E-state index in [0.717, 1.165) is 15.4 Å². The molecule has 0 atom stereocenters. The van der Waals surface area contributed by atoms with Crippen LogP contribution in [-0.2, 0) is 26.2 Å². The molecule has 0 unspecified atom stereocenters. The lowest BCUT2D eigenvalue weighted by atomic mass is 10.2. The number of nitrogens with zero attached hydrogens (tertiary/aromatic N) is 1. The van der Waals surface area contributed by atoms with Crippen LogP contribution >= 0.6 is 0 Å². The Morgan fingerprint density at radius 1 is 1.00 bits per heavy atom. The Bertz CT molecular complexity index is 887. The van der Waals surface area contributed by atoms with Gasteiger partial charge < -0.3 is 4.74 Å². The number of rotatable bonds is 7. The fourth-order valence-electron chi connectivity index (χ4n) is 2.20. The number of hydrogen-bond acceptors (Lipinski definition) is 5. The minimum absolute atomic E-state index is 0.0105. The summed E-state index contributed by atoms with van der Waals surface area (Å²) in [4.78, 5) is 23.2. The molecule has 0 N–H and O–H groups in total. The third-order valence-electron chi connectivity index (χ3n) is 3.84. The number of carbonyl (C=O) groups is 2. The molecule has 26 heavy (non-hydrogen) atoms. The summed E-state index contributed by atoms with van der Waals surface area (Å²) in [5.41, 5.74) is 2.35. The van der Waals surface area contributed by atoms with E-state index in [1.165, 1.54) is 38.2 Å². The van der Waals surface area contributed by atoms with E-state index in [0.29, 0.717) is 5.56 Å². The Balaban J connectivity index is 1.98. The van der Waals surface area contributed by atoms with Crippen LogP contribution in [0.5, 0.6) is 0 Å². The van der Waals surface area contributed by atoms with E-state index >= 15 is 0 Å². The zero-order chi connectivity index (χ0) is 19.3. The van der Waals surface area contributed by atoms with Crippen LogP contribution < -0.4 is 0 Å². The van der Waals surface area contributed by atoms with Crippen molar-refractivity contribution in [2.45, 2.75) is 25.3 Å². The Morgan fingerprint density at radius 3 is 2.12 bits per heavy atom. The zero-order valence-electron chi connectivity index (χ0n) is 14.9. The first-order valence-electron chi connectivity index (χ1n) is 7.98. The lowest BCUT2D eigenvalue weighted by Crippen LogP contribution is -2.33. The van der Waals surface area contributed by atoms with E-state index in [9.17, 15) is 18.0 Å². The van der Waals surface area contributed by atoms with E-state index in [2.05, 4.69) is 0 Å². The molecule has 6 nitrogen and oxygen atoms in total. The van der Waals surface area contributed by atoms with Gasteiger partial charge in [-0.15, -0.1) is 0 Å². The molecular formula is C19H21NO5S. The molecule has 2 aromatic carbocycles. The highest BCUT2D eigenvalue weighted by Gasteiger charge is 2.23. The summed E-state index contributed by atoms with van der Waals surface area (Å²) in [7, 11) is -2.54. The second-order valence-corrected chi connectivity index (χ2v) is 8.03. The average Bonchev–Trinajstić information content (AvgIpc) is 2.61. The number of ketones is 1. The van der Waals surface area contributed by atoms with Gasteiger partial charge in [0.1, 0.15) is 13.2 Å². The lowest BCUT2D eigenvalue weighted by Gasteiger charge is -2.16. The Labute approximate surface area is 153 Å². The van der Waals surface area contributed by atoms with Crippen LogP contribution in [0.1, 0.15) is 28.4 Å². The molecule has 2 rings (SSSR count). The van der Waals surface area contributed by atoms with Crippen molar-refractivity contribution in [3.63, 3.8) is 0 Å². The Kier molecular flexibility index (Phi) is 6.28.